The molecular formula is C26H21FN2O3S2. The number of halogens is 1. The average molecular weight is 493 g/mol. The van der Waals surface area contributed by atoms with Crippen LogP contribution in [0, 0.1) is 42.3 Å². The molecule has 7 rings (SSSR count). The van der Waals surface area contributed by atoms with E-state index in [1.165, 1.54) is 51.6 Å². The summed E-state index contributed by atoms with van der Waals surface area (Å²) in [4.78, 5) is 44.9. The molecule has 5 nitrogen and oxygen atoms in total. The van der Waals surface area contributed by atoms with E-state index in [2.05, 4.69) is 24.0 Å². The van der Waals surface area contributed by atoms with Gasteiger partial charge in [-0.2, -0.15) is 0 Å². The molecule has 34 heavy (non-hydrogen) atoms. The lowest BCUT2D eigenvalue weighted by atomic mass is 9.67. The first-order chi connectivity index (χ1) is 16.4. The highest BCUT2D eigenvalue weighted by molar-refractivity contribution is 8.00. The predicted molar refractivity (Wildman–Crippen MR) is 129 cm³/mol. The Balaban J connectivity index is 1.34. The van der Waals surface area contributed by atoms with Gasteiger partial charge in [0.2, 0.25) is 11.8 Å². The number of imide groups is 1. The van der Waals surface area contributed by atoms with Gasteiger partial charge in [-0.25, -0.2) is 4.39 Å². The van der Waals surface area contributed by atoms with E-state index in [1.54, 1.807) is 11.8 Å². The van der Waals surface area contributed by atoms with Gasteiger partial charge in [-0.1, -0.05) is 35.6 Å². The van der Waals surface area contributed by atoms with Gasteiger partial charge in [0, 0.05) is 16.0 Å². The number of anilines is 1. The maximum atomic E-state index is 13.7. The van der Waals surface area contributed by atoms with Crippen molar-refractivity contribution >= 4 is 40.6 Å². The second-order valence-corrected chi connectivity index (χ2v) is 12.0. The zero-order chi connectivity index (χ0) is 23.3. The number of carbonyl (C=O) groups is 2. The first-order valence-corrected chi connectivity index (χ1v) is 13.2. The summed E-state index contributed by atoms with van der Waals surface area (Å²) in [6, 6.07) is 13.9. The topological polar surface area (TPSA) is 70.2 Å². The van der Waals surface area contributed by atoms with Crippen molar-refractivity contribution in [2.45, 2.75) is 29.5 Å². The maximum Gasteiger partial charge on any atom is 0.305 e. The highest BCUT2D eigenvalue weighted by atomic mass is 32.2. The fourth-order valence-electron chi connectivity index (χ4n) is 7.15. The number of aromatic amines is 1. The van der Waals surface area contributed by atoms with E-state index < -0.39 is 5.82 Å². The minimum atomic E-state index is -0.397. The number of amides is 2. The van der Waals surface area contributed by atoms with Crippen molar-refractivity contribution in [3.8, 4) is 0 Å². The van der Waals surface area contributed by atoms with E-state index in [4.69, 9.17) is 0 Å². The fourth-order valence-corrected chi connectivity index (χ4v) is 10.0. The molecule has 0 spiro atoms. The number of benzene rings is 2. The molecule has 6 unspecified atom stereocenters. The molecule has 1 saturated heterocycles. The van der Waals surface area contributed by atoms with Crippen LogP contribution in [0.3, 0.4) is 0 Å². The van der Waals surface area contributed by atoms with Gasteiger partial charge >= 0.3 is 4.87 Å². The van der Waals surface area contributed by atoms with Crippen LogP contribution >= 0.6 is 23.1 Å². The summed E-state index contributed by atoms with van der Waals surface area (Å²) in [5.41, 5.74) is 2.82. The lowest BCUT2D eigenvalue weighted by Gasteiger charge is -2.43. The number of aryl methyl sites for hydroxylation is 1. The van der Waals surface area contributed by atoms with Crippen molar-refractivity contribution < 1.29 is 14.0 Å². The van der Waals surface area contributed by atoms with Crippen LogP contribution in [-0.4, -0.2) is 22.0 Å². The Morgan fingerprint density at radius 2 is 1.68 bits per heavy atom. The van der Waals surface area contributed by atoms with Gasteiger partial charge < -0.3 is 4.98 Å². The van der Waals surface area contributed by atoms with E-state index in [0.717, 1.165) is 16.3 Å². The smallest absolute Gasteiger partial charge is 0.305 e. The number of fused-ring (bicyclic) bond motifs is 9. The van der Waals surface area contributed by atoms with Crippen molar-refractivity contribution in [1.82, 2.24) is 4.98 Å². The summed E-state index contributed by atoms with van der Waals surface area (Å²) in [6.07, 6.45) is 0.855. The highest BCUT2D eigenvalue weighted by Gasteiger charge is 2.69. The third kappa shape index (κ3) is 2.64. The Kier molecular flexibility index (Phi) is 4.34. The predicted octanol–water partition coefficient (Wildman–Crippen LogP) is 4.56. The van der Waals surface area contributed by atoms with E-state index >= 15 is 0 Å². The lowest BCUT2D eigenvalue weighted by molar-refractivity contribution is -0.123. The number of thiazole rings is 1. The molecule has 3 aromatic rings. The molecule has 1 aromatic heterocycles. The molecule has 3 heterocycles. The molecule has 172 valence electrons. The Morgan fingerprint density at radius 1 is 0.971 bits per heavy atom. The monoisotopic (exact) mass is 492 g/mol. The zero-order valence-electron chi connectivity index (χ0n) is 18.2. The third-order valence-electron chi connectivity index (χ3n) is 8.33. The number of thioether (sulfide) groups is 1. The van der Waals surface area contributed by atoms with Crippen LogP contribution in [0.4, 0.5) is 10.1 Å². The van der Waals surface area contributed by atoms with Crippen LogP contribution in [0.5, 0.6) is 0 Å². The molecule has 3 fully saturated rings. The van der Waals surface area contributed by atoms with Gasteiger partial charge in [0.25, 0.3) is 0 Å². The number of nitrogens with one attached hydrogen (secondary N) is 1. The Morgan fingerprint density at radius 3 is 2.41 bits per heavy atom. The minimum Gasteiger partial charge on any atom is -0.307 e. The van der Waals surface area contributed by atoms with E-state index in [9.17, 15) is 18.8 Å². The van der Waals surface area contributed by atoms with Crippen molar-refractivity contribution in [1.29, 1.82) is 0 Å². The number of aromatic nitrogens is 1. The second-order valence-electron chi connectivity index (χ2n) is 9.81. The number of carbonyl (C=O) groups excluding carboxylic acids is 2. The molecule has 8 heteroatoms. The molecule has 2 aromatic carbocycles. The summed E-state index contributed by atoms with van der Waals surface area (Å²) in [7, 11) is 0. The van der Waals surface area contributed by atoms with Crippen LogP contribution in [0.25, 0.3) is 0 Å². The summed E-state index contributed by atoms with van der Waals surface area (Å²) in [5, 5.41) is 1.08. The number of hydrogen-bond donors (Lipinski definition) is 1. The average Bonchev–Trinajstić information content (AvgIpc) is 3.54. The maximum absolute atomic E-state index is 13.7. The van der Waals surface area contributed by atoms with Crippen LogP contribution in [0.15, 0.2) is 58.4 Å². The second kappa shape index (κ2) is 7.15. The molecule has 2 amide bonds. The number of rotatable bonds is 2. The summed E-state index contributed by atoms with van der Waals surface area (Å²) < 4.78 is 13.5. The SMILES string of the molecule is Cc1ccccc1C1c2sc(=O)[nH]c2SC2C3CC(C4C(=O)N(c5ccc(F)cc5)C(=O)C34)[C@@H]12. The molecule has 1 N–H and O–H groups in total. The Labute approximate surface area is 203 Å². The first kappa shape index (κ1) is 20.6. The van der Waals surface area contributed by atoms with Crippen molar-refractivity contribution in [3.05, 3.63) is 80.0 Å². The number of nitrogens with zero attached hydrogens (tertiary/aromatic N) is 1. The van der Waals surface area contributed by atoms with Crippen LogP contribution in [0.2, 0.25) is 0 Å². The summed E-state index contributed by atoms with van der Waals surface area (Å²) in [6.45, 7) is 2.09. The van der Waals surface area contributed by atoms with Gasteiger partial charge in [-0.05, 0) is 66.5 Å². The summed E-state index contributed by atoms with van der Waals surface area (Å²) in [5.74, 6) is -1.05. The quantitative estimate of drug-likeness (QED) is 0.533. The molecule has 2 saturated carbocycles. The van der Waals surface area contributed by atoms with Gasteiger partial charge in [0.1, 0.15) is 5.82 Å². The molecular weight excluding hydrogens is 471 g/mol. The molecule has 7 atom stereocenters. The molecule has 2 bridgehead atoms. The van der Waals surface area contributed by atoms with E-state index in [0.29, 0.717) is 5.69 Å². The van der Waals surface area contributed by atoms with E-state index in [1.807, 2.05) is 12.1 Å². The standard InChI is InChI=1S/C26H21FN2O3S2/c1-11-4-2-3-5-14(11)17-18-15-10-16(21(18)33-23-22(17)34-26(32)28-23)20-19(15)24(30)29(25(20)31)13-8-6-12(27)7-9-13/h2-9,15-21H,10H2,1H3,(H,28,32)/t15?,16?,17?,18-,19?,20?,21?/m0/s1. The van der Waals surface area contributed by atoms with Gasteiger partial charge in [-0.3, -0.25) is 19.3 Å². The molecule has 0 radical (unpaired) electrons. The minimum absolute atomic E-state index is 0.0325. The van der Waals surface area contributed by atoms with Crippen molar-refractivity contribution in [2.24, 2.45) is 29.6 Å². The van der Waals surface area contributed by atoms with Crippen molar-refractivity contribution in [3.63, 3.8) is 0 Å². The normalized spacial score (nSPS) is 33.2. The Hall–Kier alpha value is -2.71. The van der Waals surface area contributed by atoms with Gasteiger partial charge in [0.05, 0.1) is 22.5 Å². The number of hydrogen-bond acceptors (Lipinski definition) is 5. The zero-order valence-corrected chi connectivity index (χ0v) is 19.9. The van der Waals surface area contributed by atoms with Crippen LogP contribution in [0.1, 0.15) is 28.3 Å². The van der Waals surface area contributed by atoms with Gasteiger partial charge in [0.15, 0.2) is 0 Å². The number of H-pyrrole nitrogens is 1. The van der Waals surface area contributed by atoms with Crippen LogP contribution in [-0.2, 0) is 9.59 Å². The van der Waals surface area contributed by atoms with Crippen molar-refractivity contribution in [2.75, 3.05) is 4.90 Å². The Bertz CT molecular complexity index is 1410. The molecule has 4 aliphatic rings. The van der Waals surface area contributed by atoms with Crippen LogP contribution < -0.4 is 9.77 Å². The highest BCUT2D eigenvalue weighted by Crippen LogP contribution is 2.68. The fraction of sp³-hybridized carbons (Fsp3) is 0.346. The largest absolute Gasteiger partial charge is 0.307 e. The molecule has 2 aliphatic heterocycles. The van der Waals surface area contributed by atoms with E-state index in [-0.39, 0.29) is 57.4 Å². The third-order valence-corrected chi connectivity index (χ3v) is 10.9. The lowest BCUT2D eigenvalue weighted by Crippen LogP contribution is -2.42. The molecule has 2 aliphatic carbocycles. The first-order valence-electron chi connectivity index (χ1n) is 11.5. The van der Waals surface area contributed by atoms with Gasteiger partial charge in [-0.15, -0.1) is 11.8 Å². The summed E-state index contributed by atoms with van der Waals surface area (Å²) >= 11 is 2.96.